The van der Waals surface area contributed by atoms with Gasteiger partial charge in [-0.25, -0.2) is 0 Å². The number of carbonyl (C=O) groups excluding carboxylic acids is 1. The zero-order valence-corrected chi connectivity index (χ0v) is 8.77. The first-order chi connectivity index (χ1) is 5.95. The summed E-state index contributed by atoms with van der Waals surface area (Å²) >= 11 is 5.65. The number of alkyl halides is 1. The van der Waals surface area contributed by atoms with E-state index in [-0.39, 0.29) is 18.1 Å². The summed E-state index contributed by atoms with van der Waals surface area (Å²) < 4.78 is 0. The van der Waals surface area contributed by atoms with Crippen molar-refractivity contribution in [1.82, 2.24) is 5.32 Å². The summed E-state index contributed by atoms with van der Waals surface area (Å²) in [6, 6.07) is 0.144. The van der Waals surface area contributed by atoms with Gasteiger partial charge in [0.1, 0.15) is 0 Å². The van der Waals surface area contributed by atoms with Crippen molar-refractivity contribution >= 4 is 17.5 Å². The molecule has 0 aromatic rings. The maximum atomic E-state index is 11.5. The molecule has 0 atom stereocenters. The molecule has 0 heterocycles. The van der Waals surface area contributed by atoms with Crippen LogP contribution in [0.4, 0.5) is 0 Å². The quantitative estimate of drug-likeness (QED) is 0.673. The van der Waals surface area contributed by atoms with Crippen molar-refractivity contribution in [2.45, 2.75) is 38.8 Å². The number of nitrogens with one attached hydrogen (secondary N) is 1. The fraction of sp³-hybridized carbons (Fsp3) is 0.889. The van der Waals surface area contributed by atoms with Gasteiger partial charge in [-0.05, 0) is 26.7 Å². The Labute approximate surface area is 83.5 Å². The zero-order chi connectivity index (χ0) is 10.1. The Bertz CT molecular complexity index is 200. The molecule has 0 unspecified atom stereocenters. The van der Waals surface area contributed by atoms with Crippen molar-refractivity contribution in [3.05, 3.63) is 0 Å². The van der Waals surface area contributed by atoms with Crippen LogP contribution in [0.2, 0.25) is 0 Å². The highest BCUT2D eigenvalue weighted by atomic mass is 35.5. The van der Waals surface area contributed by atoms with E-state index in [0.717, 1.165) is 0 Å². The molecule has 2 N–H and O–H groups in total. The Morgan fingerprint density at radius 3 is 2.54 bits per heavy atom. The normalized spacial score (nSPS) is 28.0. The lowest BCUT2D eigenvalue weighted by Crippen LogP contribution is -2.51. The lowest BCUT2D eigenvalue weighted by Gasteiger charge is -2.34. The molecular formula is C9H16ClNO2. The van der Waals surface area contributed by atoms with Crippen molar-refractivity contribution in [1.29, 1.82) is 0 Å². The van der Waals surface area contributed by atoms with E-state index in [1.165, 1.54) is 0 Å². The highest BCUT2D eigenvalue weighted by molar-refractivity contribution is 6.19. The third-order valence-corrected chi connectivity index (χ3v) is 3.07. The van der Waals surface area contributed by atoms with Crippen LogP contribution in [0.1, 0.15) is 26.7 Å². The molecule has 1 rings (SSSR count). The first-order valence-electron chi connectivity index (χ1n) is 4.50. The molecule has 4 heteroatoms. The molecule has 1 aliphatic carbocycles. The van der Waals surface area contributed by atoms with Gasteiger partial charge in [-0.3, -0.25) is 4.79 Å². The third kappa shape index (κ3) is 2.58. The molecule has 3 nitrogen and oxygen atoms in total. The van der Waals surface area contributed by atoms with Crippen LogP contribution in [0.15, 0.2) is 0 Å². The SMILES string of the molecule is CC(C)(CCl)C(=O)NC1CC(O)C1. The van der Waals surface area contributed by atoms with Crippen LogP contribution < -0.4 is 5.32 Å². The van der Waals surface area contributed by atoms with Crippen molar-refractivity contribution in [2.75, 3.05) is 5.88 Å². The van der Waals surface area contributed by atoms with E-state index in [0.29, 0.717) is 18.7 Å². The minimum Gasteiger partial charge on any atom is -0.393 e. The molecule has 0 aromatic carbocycles. The molecule has 0 aliphatic heterocycles. The van der Waals surface area contributed by atoms with Gasteiger partial charge < -0.3 is 10.4 Å². The maximum Gasteiger partial charge on any atom is 0.227 e. The summed E-state index contributed by atoms with van der Waals surface area (Å²) in [5.41, 5.74) is -0.512. The fourth-order valence-electron chi connectivity index (χ4n) is 1.15. The Morgan fingerprint density at radius 2 is 2.15 bits per heavy atom. The van der Waals surface area contributed by atoms with Crippen molar-refractivity contribution in [3.63, 3.8) is 0 Å². The Morgan fingerprint density at radius 1 is 1.62 bits per heavy atom. The average Bonchev–Trinajstić information content (AvgIpc) is 2.01. The third-order valence-electron chi connectivity index (χ3n) is 2.40. The summed E-state index contributed by atoms with van der Waals surface area (Å²) in [5.74, 6) is 0.285. The molecule has 1 saturated carbocycles. The van der Waals surface area contributed by atoms with Gasteiger partial charge in [0.2, 0.25) is 5.91 Å². The van der Waals surface area contributed by atoms with E-state index in [4.69, 9.17) is 16.7 Å². The minimum atomic E-state index is -0.512. The highest BCUT2D eigenvalue weighted by Gasteiger charge is 2.33. The van der Waals surface area contributed by atoms with Crippen LogP contribution in [0.25, 0.3) is 0 Å². The van der Waals surface area contributed by atoms with E-state index in [2.05, 4.69) is 5.32 Å². The van der Waals surface area contributed by atoms with E-state index in [1.807, 2.05) is 13.8 Å². The van der Waals surface area contributed by atoms with E-state index < -0.39 is 5.41 Å². The van der Waals surface area contributed by atoms with E-state index >= 15 is 0 Å². The predicted molar refractivity (Wildman–Crippen MR) is 51.7 cm³/mol. The number of halogens is 1. The van der Waals surface area contributed by atoms with Crippen LogP contribution >= 0.6 is 11.6 Å². The number of hydrogen-bond donors (Lipinski definition) is 2. The molecule has 1 aliphatic rings. The zero-order valence-electron chi connectivity index (χ0n) is 8.01. The molecule has 0 radical (unpaired) electrons. The first-order valence-corrected chi connectivity index (χ1v) is 5.04. The molecule has 1 fully saturated rings. The van der Waals surface area contributed by atoms with E-state index in [9.17, 15) is 4.79 Å². The fourth-order valence-corrected chi connectivity index (χ4v) is 1.27. The van der Waals surface area contributed by atoms with Crippen LogP contribution in [0, 0.1) is 5.41 Å². The lowest BCUT2D eigenvalue weighted by atomic mass is 9.87. The van der Waals surface area contributed by atoms with Crippen molar-refractivity contribution in [2.24, 2.45) is 5.41 Å². The number of rotatable bonds is 3. The number of aliphatic hydroxyl groups excluding tert-OH is 1. The van der Waals surface area contributed by atoms with Gasteiger partial charge in [-0.1, -0.05) is 0 Å². The summed E-state index contributed by atoms with van der Waals surface area (Å²) in [6.45, 7) is 3.62. The number of hydrogen-bond acceptors (Lipinski definition) is 2. The second kappa shape index (κ2) is 3.84. The summed E-state index contributed by atoms with van der Waals surface area (Å²) in [5, 5.41) is 11.9. The largest absolute Gasteiger partial charge is 0.393 e. The van der Waals surface area contributed by atoms with E-state index in [1.54, 1.807) is 0 Å². The van der Waals surface area contributed by atoms with Crippen LogP contribution in [-0.2, 0) is 4.79 Å². The molecule has 0 saturated heterocycles. The lowest BCUT2D eigenvalue weighted by molar-refractivity contribution is -0.130. The second-order valence-corrected chi connectivity index (χ2v) is 4.58. The Kier molecular flexibility index (Phi) is 3.19. The summed E-state index contributed by atoms with van der Waals surface area (Å²) in [6.07, 6.45) is 1.11. The number of carbonyl (C=O) groups is 1. The highest BCUT2D eigenvalue weighted by Crippen LogP contribution is 2.23. The van der Waals surface area contributed by atoms with Gasteiger partial charge in [0.15, 0.2) is 0 Å². The Hall–Kier alpha value is -0.280. The predicted octanol–water partition coefficient (Wildman–Crippen LogP) is 0.891. The molecule has 76 valence electrons. The standard InChI is InChI=1S/C9H16ClNO2/c1-9(2,5-10)8(13)11-6-3-7(12)4-6/h6-7,12H,3-5H2,1-2H3,(H,11,13). The molecule has 0 aromatic heterocycles. The molecule has 0 spiro atoms. The maximum absolute atomic E-state index is 11.5. The molecule has 13 heavy (non-hydrogen) atoms. The summed E-state index contributed by atoms with van der Waals surface area (Å²) in [7, 11) is 0. The molecular weight excluding hydrogens is 190 g/mol. The minimum absolute atomic E-state index is 0.0283. The monoisotopic (exact) mass is 205 g/mol. The first kappa shape index (κ1) is 10.8. The second-order valence-electron chi connectivity index (χ2n) is 4.31. The van der Waals surface area contributed by atoms with Gasteiger partial charge >= 0.3 is 0 Å². The van der Waals surface area contributed by atoms with Gasteiger partial charge in [-0.2, -0.15) is 0 Å². The molecule has 1 amide bonds. The van der Waals surface area contributed by atoms with Gasteiger partial charge in [0, 0.05) is 11.9 Å². The van der Waals surface area contributed by atoms with Crippen molar-refractivity contribution in [3.8, 4) is 0 Å². The van der Waals surface area contributed by atoms with Crippen LogP contribution in [0.3, 0.4) is 0 Å². The van der Waals surface area contributed by atoms with Gasteiger partial charge in [-0.15, -0.1) is 11.6 Å². The number of aliphatic hydroxyl groups is 1. The van der Waals surface area contributed by atoms with Crippen LogP contribution in [-0.4, -0.2) is 29.0 Å². The smallest absolute Gasteiger partial charge is 0.227 e. The van der Waals surface area contributed by atoms with Crippen molar-refractivity contribution < 1.29 is 9.90 Å². The van der Waals surface area contributed by atoms with Crippen LogP contribution in [0.5, 0.6) is 0 Å². The molecule has 0 bridgehead atoms. The van der Waals surface area contributed by atoms with Gasteiger partial charge in [0.05, 0.1) is 11.5 Å². The van der Waals surface area contributed by atoms with Gasteiger partial charge in [0.25, 0.3) is 0 Å². The number of amides is 1. The average molecular weight is 206 g/mol. The Balaban J connectivity index is 2.33. The topological polar surface area (TPSA) is 49.3 Å². The summed E-state index contributed by atoms with van der Waals surface area (Å²) in [4.78, 5) is 11.5.